The molecule has 1 aliphatic rings. The number of methoxy groups -OCH3 is 1. The van der Waals surface area contributed by atoms with Gasteiger partial charge in [-0.2, -0.15) is 0 Å². The molecule has 1 rings (SSSR count). The van der Waals surface area contributed by atoms with E-state index in [0.717, 1.165) is 32.5 Å². The average molecular weight is 271 g/mol. The molecule has 1 aliphatic heterocycles. The molecule has 5 nitrogen and oxygen atoms in total. The molecule has 1 saturated heterocycles. The first-order chi connectivity index (χ1) is 9.12. The second-order valence-electron chi connectivity index (χ2n) is 5.48. The molecule has 3 N–H and O–H groups in total. The Morgan fingerprint density at radius 2 is 2.32 bits per heavy atom. The van der Waals surface area contributed by atoms with Gasteiger partial charge in [0.2, 0.25) is 5.91 Å². The van der Waals surface area contributed by atoms with Crippen LogP contribution in [0.15, 0.2) is 0 Å². The molecular formula is C14H29N3O2. The molecule has 1 amide bonds. The summed E-state index contributed by atoms with van der Waals surface area (Å²) in [5, 5.41) is 2.92. The van der Waals surface area contributed by atoms with Crippen LogP contribution in [0, 0.1) is 5.92 Å². The molecule has 1 heterocycles. The number of nitrogens with two attached hydrogens (primary N) is 1. The maximum atomic E-state index is 11.8. The highest BCUT2D eigenvalue weighted by Gasteiger charge is 2.30. The van der Waals surface area contributed by atoms with Crippen LogP contribution in [0.2, 0.25) is 0 Å². The molecule has 0 aliphatic carbocycles. The normalized spacial score (nSPS) is 26.1. The lowest BCUT2D eigenvalue weighted by Crippen LogP contribution is -2.52. The molecule has 112 valence electrons. The zero-order chi connectivity index (χ0) is 14.3. The van der Waals surface area contributed by atoms with Crippen LogP contribution >= 0.6 is 0 Å². The standard InChI is InChI=1S/C14H29N3O2/c1-4-6-16-14(18)8-12(9-15)17-7-5-11(2)13(10-17)19-3/h11-13H,4-10,15H2,1-3H3,(H,16,18). The lowest BCUT2D eigenvalue weighted by Gasteiger charge is -2.40. The molecule has 0 saturated carbocycles. The molecule has 0 spiro atoms. The summed E-state index contributed by atoms with van der Waals surface area (Å²) in [5.74, 6) is 0.679. The van der Waals surface area contributed by atoms with Crippen LogP contribution in [0.5, 0.6) is 0 Å². The van der Waals surface area contributed by atoms with Crippen LogP contribution in [0.1, 0.15) is 33.1 Å². The van der Waals surface area contributed by atoms with E-state index >= 15 is 0 Å². The van der Waals surface area contributed by atoms with Crippen LogP contribution in [0.4, 0.5) is 0 Å². The Morgan fingerprint density at radius 3 is 2.89 bits per heavy atom. The van der Waals surface area contributed by atoms with Crippen molar-refractivity contribution >= 4 is 5.91 Å². The van der Waals surface area contributed by atoms with E-state index in [0.29, 0.717) is 18.9 Å². The molecule has 1 fully saturated rings. The van der Waals surface area contributed by atoms with Gasteiger partial charge in [-0.25, -0.2) is 0 Å². The maximum absolute atomic E-state index is 11.8. The second kappa shape index (κ2) is 8.51. The van der Waals surface area contributed by atoms with E-state index in [4.69, 9.17) is 10.5 Å². The molecule has 3 atom stereocenters. The monoisotopic (exact) mass is 271 g/mol. The Hall–Kier alpha value is -0.650. The van der Waals surface area contributed by atoms with Crippen LogP contribution in [-0.4, -0.2) is 56.2 Å². The van der Waals surface area contributed by atoms with Crippen molar-refractivity contribution in [1.82, 2.24) is 10.2 Å². The molecule has 3 unspecified atom stereocenters. The Balaban J connectivity index is 2.47. The van der Waals surface area contributed by atoms with Gasteiger partial charge >= 0.3 is 0 Å². The highest BCUT2D eigenvalue weighted by Crippen LogP contribution is 2.21. The number of rotatable bonds is 7. The summed E-state index contributed by atoms with van der Waals surface area (Å²) in [6.45, 7) is 7.41. The number of hydrogen-bond acceptors (Lipinski definition) is 4. The van der Waals surface area contributed by atoms with Crippen LogP contribution in [-0.2, 0) is 9.53 Å². The number of nitrogens with one attached hydrogen (secondary N) is 1. The molecule has 0 bridgehead atoms. The van der Waals surface area contributed by atoms with E-state index in [2.05, 4.69) is 24.1 Å². The van der Waals surface area contributed by atoms with Crippen molar-refractivity contribution in [3.05, 3.63) is 0 Å². The summed E-state index contributed by atoms with van der Waals surface area (Å²) in [6.07, 6.45) is 2.81. The summed E-state index contributed by atoms with van der Waals surface area (Å²) in [5.41, 5.74) is 5.84. The van der Waals surface area contributed by atoms with E-state index in [9.17, 15) is 4.79 Å². The first kappa shape index (κ1) is 16.4. The average Bonchev–Trinajstić information content (AvgIpc) is 2.43. The van der Waals surface area contributed by atoms with Crippen molar-refractivity contribution in [3.63, 3.8) is 0 Å². The number of carbonyl (C=O) groups is 1. The van der Waals surface area contributed by atoms with Gasteiger partial charge in [-0.15, -0.1) is 0 Å². The predicted octanol–water partition coefficient (Wildman–Crippen LogP) is 0.587. The fourth-order valence-corrected chi connectivity index (χ4v) is 2.61. The SMILES string of the molecule is CCCNC(=O)CC(CN)N1CCC(C)C(OC)C1. The predicted molar refractivity (Wildman–Crippen MR) is 76.9 cm³/mol. The van der Waals surface area contributed by atoms with Gasteiger partial charge < -0.3 is 15.8 Å². The number of nitrogens with zero attached hydrogens (tertiary/aromatic N) is 1. The van der Waals surface area contributed by atoms with Crippen molar-refractivity contribution in [2.24, 2.45) is 11.7 Å². The number of carbonyl (C=O) groups excluding carboxylic acids is 1. The third-order valence-corrected chi connectivity index (χ3v) is 4.01. The molecule has 0 radical (unpaired) electrons. The van der Waals surface area contributed by atoms with Crippen molar-refractivity contribution in [3.8, 4) is 0 Å². The number of piperidine rings is 1. The molecular weight excluding hydrogens is 242 g/mol. The van der Waals surface area contributed by atoms with Crippen LogP contribution < -0.4 is 11.1 Å². The van der Waals surface area contributed by atoms with E-state index in [1.54, 1.807) is 7.11 Å². The lowest BCUT2D eigenvalue weighted by atomic mass is 9.94. The van der Waals surface area contributed by atoms with E-state index in [1.807, 2.05) is 0 Å². The minimum atomic E-state index is 0.102. The molecule has 5 heteroatoms. The fourth-order valence-electron chi connectivity index (χ4n) is 2.61. The van der Waals surface area contributed by atoms with Gasteiger partial charge in [0.15, 0.2) is 0 Å². The fraction of sp³-hybridized carbons (Fsp3) is 0.929. The van der Waals surface area contributed by atoms with Gasteiger partial charge in [0.05, 0.1) is 6.10 Å². The zero-order valence-electron chi connectivity index (χ0n) is 12.5. The van der Waals surface area contributed by atoms with Gasteiger partial charge in [-0.3, -0.25) is 9.69 Å². The Labute approximate surface area is 116 Å². The van der Waals surface area contributed by atoms with Gasteiger partial charge in [-0.05, 0) is 25.3 Å². The summed E-state index contributed by atoms with van der Waals surface area (Å²) >= 11 is 0. The van der Waals surface area contributed by atoms with E-state index < -0.39 is 0 Å². The number of amides is 1. The third kappa shape index (κ3) is 5.09. The van der Waals surface area contributed by atoms with Crippen molar-refractivity contribution in [1.29, 1.82) is 0 Å². The number of hydrogen-bond donors (Lipinski definition) is 2. The molecule has 0 aromatic rings. The van der Waals surface area contributed by atoms with Crippen LogP contribution in [0.3, 0.4) is 0 Å². The van der Waals surface area contributed by atoms with Crippen molar-refractivity contribution < 1.29 is 9.53 Å². The highest BCUT2D eigenvalue weighted by atomic mass is 16.5. The Morgan fingerprint density at radius 1 is 1.58 bits per heavy atom. The Kier molecular flexibility index (Phi) is 7.34. The lowest BCUT2D eigenvalue weighted by molar-refractivity contribution is -0.122. The van der Waals surface area contributed by atoms with Crippen molar-refractivity contribution in [2.45, 2.75) is 45.3 Å². The largest absolute Gasteiger partial charge is 0.380 e. The summed E-state index contributed by atoms with van der Waals surface area (Å²) in [6, 6.07) is 0.127. The third-order valence-electron chi connectivity index (χ3n) is 4.01. The molecule has 19 heavy (non-hydrogen) atoms. The minimum absolute atomic E-state index is 0.102. The first-order valence-electron chi connectivity index (χ1n) is 7.35. The molecule has 0 aromatic carbocycles. The second-order valence-corrected chi connectivity index (χ2v) is 5.48. The zero-order valence-corrected chi connectivity index (χ0v) is 12.5. The topological polar surface area (TPSA) is 67.6 Å². The minimum Gasteiger partial charge on any atom is -0.380 e. The smallest absolute Gasteiger partial charge is 0.221 e. The van der Waals surface area contributed by atoms with Crippen LogP contribution in [0.25, 0.3) is 0 Å². The van der Waals surface area contributed by atoms with Gasteiger partial charge in [-0.1, -0.05) is 13.8 Å². The summed E-state index contributed by atoms with van der Waals surface area (Å²) in [4.78, 5) is 14.1. The van der Waals surface area contributed by atoms with Gasteiger partial charge in [0.25, 0.3) is 0 Å². The maximum Gasteiger partial charge on any atom is 0.221 e. The van der Waals surface area contributed by atoms with E-state index in [1.165, 1.54) is 0 Å². The highest BCUT2D eigenvalue weighted by molar-refractivity contribution is 5.76. The van der Waals surface area contributed by atoms with Gasteiger partial charge in [0.1, 0.15) is 0 Å². The first-order valence-corrected chi connectivity index (χ1v) is 7.35. The van der Waals surface area contributed by atoms with Crippen molar-refractivity contribution in [2.75, 3.05) is 33.3 Å². The van der Waals surface area contributed by atoms with Gasteiger partial charge in [0, 0.05) is 39.2 Å². The summed E-state index contributed by atoms with van der Waals surface area (Å²) in [7, 11) is 1.76. The number of likely N-dealkylation sites (tertiary alicyclic amines) is 1. The summed E-state index contributed by atoms with van der Waals surface area (Å²) < 4.78 is 5.52. The Bertz CT molecular complexity index is 273. The quantitative estimate of drug-likeness (QED) is 0.711. The molecule has 0 aromatic heterocycles. The van der Waals surface area contributed by atoms with E-state index in [-0.39, 0.29) is 18.1 Å². The number of ether oxygens (including phenoxy) is 1.